The minimum atomic E-state index is -0.321. The van der Waals surface area contributed by atoms with Crippen molar-refractivity contribution in [3.05, 3.63) is 78.3 Å². The third-order valence-corrected chi connectivity index (χ3v) is 6.39. The second kappa shape index (κ2) is 10.6. The fraction of sp³-hybridized carbons (Fsp3) is 0.385. The number of nitrogens with zero attached hydrogens (tertiary/aromatic N) is 3. The number of halogens is 1. The lowest BCUT2D eigenvalue weighted by atomic mass is 10.0. The summed E-state index contributed by atoms with van der Waals surface area (Å²) in [6.45, 7) is 6.83. The van der Waals surface area contributed by atoms with Gasteiger partial charge in [0.2, 0.25) is 11.8 Å². The summed E-state index contributed by atoms with van der Waals surface area (Å²) in [7, 11) is 0. The summed E-state index contributed by atoms with van der Waals surface area (Å²) in [4.78, 5) is 21.1. The number of hydrogen-bond donors (Lipinski definition) is 1. The number of carbonyl (C=O) groups is 1. The predicted octanol–water partition coefficient (Wildman–Crippen LogP) is 5.10. The predicted molar refractivity (Wildman–Crippen MR) is 128 cm³/mol. The average molecular weight is 451 g/mol. The lowest BCUT2D eigenvalue weighted by Crippen LogP contribution is -2.48. The molecule has 2 aromatic carbocycles. The summed E-state index contributed by atoms with van der Waals surface area (Å²) in [6.07, 6.45) is 4.80. The second-order valence-corrected chi connectivity index (χ2v) is 8.38. The first-order chi connectivity index (χ1) is 16.1. The van der Waals surface area contributed by atoms with Crippen LogP contribution in [0.1, 0.15) is 44.2 Å². The van der Waals surface area contributed by atoms with E-state index in [4.69, 9.17) is 4.42 Å². The van der Waals surface area contributed by atoms with Gasteiger partial charge in [-0.2, -0.15) is 0 Å². The highest BCUT2D eigenvalue weighted by Gasteiger charge is 2.30. The topological polar surface area (TPSA) is 61.6 Å². The number of piperazine rings is 1. The van der Waals surface area contributed by atoms with E-state index in [1.165, 1.54) is 6.07 Å². The molecule has 1 amide bonds. The molecule has 1 aliphatic heterocycles. The minimum absolute atomic E-state index is 0.0537. The highest BCUT2D eigenvalue weighted by Crippen LogP contribution is 2.30. The molecule has 174 valence electrons. The Morgan fingerprint density at radius 2 is 1.82 bits per heavy atom. The van der Waals surface area contributed by atoms with Crippen LogP contribution >= 0.6 is 0 Å². The number of rotatable bonds is 8. The van der Waals surface area contributed by atoms with Crippen molar-refractivity contribution in [3.63, 3.8) is 0 Å². The smallest absolute Gasteiger partial charge is 0.227 e. The molecule has 0 bridgehead atoms. The molecule has 4 rings (SSSR count). The maximum atomic E-state index is 15.0. The molecular formula is C26H31FN4O2. The molecule has 3 aromatic rings. The number of hydrogen-bond acceptors (Lipinski definition) is 5. The highest BCUT2D eigenvalue weighted by atomic mass is 19.1. The van der Waals surface area contributed by atoms with Gasteiger partial charge in [-0.05, 0) is 36.6 Å². The molecule has 0 spiro atoms. The Kier molecular flexibility index (Phi) is 7.40. The molecule has 1 N–H and O–H groups in total. The molecule has 33 heavy (non-hydrogen) atoms. The Balaban J connectivity index is 1.43. The van der Waals surface area contributed by atoms with Crippen LogP contribution in [-0.4, -0.2) is 42.0 Å². The molecule has 7 heteroatoms. The van der Waals surface area contributed by atoms with Crippen LogP contribution in [0.2, 0.25) is 0 Å². The van der Waals surface area contributed by atoms with E-state index in [1.54, 1.807) is 24.6 Å². The van der Waals surface area contributed by atoms with Crippen molar-refractivity contribution >= 4 is 17.3 Å². The molecule has 0 radical (unpaired) electrons. The van der Waals surface area contributed by atoms with Gasteiger partial charge in [-0.25, -0.2) is 9.37 Å². The Hall–Kier alpha value is -3.19. The molecule has 1 aromatic heterocycles. The van der Waals surface area contributed by atoms with E-state index >= 15 is 0 Å². The SMILES string of the molecule is CCC(CC)C(=O)Nc1ccc(N2CCN([C@@H](c3ccccc3)c3ncco3)CC2)c(F)c1. The molecule has 1 aliphatic rings. The first-order valence-electron chi connectivity index (χ1n) is 11.6. The molecule has 0 aliphatic carbocycles. The number of carbonyl (C=O) groups excluding carboxylic acids is 1. The largest absolute Gasteiger partial charge is 0.447 e. The summed E-state index contributed by atoms with van der Waals surface area (Å²) in [5.74, 6) is 0.234. The molecule has 1 atom stereocenters. The van der Waals surface area contributed by atoms with Crippen LogP contribution < -0.4 is 10.2 Å². The van der Waals surface area contributed by atoms with Crippen molar-refractivity contribution in [2.75, 3.05) is 36.4 Å². The van der Waals surface area contributed by atoms with E-state index in [2.05, 4.69) is 32.2 Å². The first kappa shape index (κ1) is 23.0. The van der Waals surface area contributed by atoms with Crippen LogP contribution in [0.15, 0.2) is 65.4 Å². The zero-order valence-corrected chi connectivity index (χ0v) is 19.2. The van der Waals surface area contributed by atoms with Crippen molar-refractivity contribution in [1.82, 2.24) is 9.88 Å². The van der Waals surface area contributed by atoms with Crippen LogP contribution in [0.3, 0.4) is 0 Å². The van der Waals surface area contributed by atoms with E-state index in [0.29, 0.717) is 30.4 Å². The maximum absolute atomic E-state index is 15.0. The van der Waals surface area contributed by atoms with Gasteiger partial charge in [0.1, 0.15) is 18.1 Å². The van der Waals surface area contributed by atoms with Gasteiger partial charge in [-0.1, -0.05) is 44.2 Å². The summed E-state index contributed by atoms with van der Waals surface area (Å²) < 4.78 is 20.6. The van der Waals surface area contributed by atoms with E-state index in [-0.39, 0.29) is 23.7 Å². The highest BCUT2D eigenvalue weighted by molar-refractivity contribution is 5.92. The van der Waals surface area contributed by atoms with Gasteiger partial charge in [0, 0.05) is 37.8 Å². The zero-order chi connectivity index (χ0) is 23.2. The molecule has 0 saturated carbocycles. The number of amides is 1. The maximum Gasteiger partial charge on any atom is 0.227 e. The third-order valence-electron chi connectivity index (χ3n) is 6.39. The molecule has 0 unspecified atom stereocenters. The van der Waals surface area contributed by atoms with Crippen molar-refractivity contribution < 1.29 is 13.6 Å². The lowest BCUT2D eigenvalue weighted by Gasteiger charge is -2.39. The summed E-state index contributed by atoms with van der Waals surface area (Å²) >= 11 is 0. The van der Waals surface area contributed by atoms with Crippen LogP contribution in [0.5, 0.6) is 0 Å². The molecule has 6 nitrogen and oxygen atoms in total. The number of aromatic nitrogens is 1. The standard InChI is InChI=1S/C26H31FN4O2/c1-3-19(4-2)25(32)29-21-10-11-23(22(27)18-21)30-13-15-31(16-14-30)24(26-28-12-17-33-26)20-8-6-5-7-9-20/h5-12,17-19,24H,3-4,13-16H2,1-2H3,(H,29,32)/t24-/m0/s1. The zero-order valence-electron chi connectivity index (χ0n) is 19.2. The van der Waals surface area contributed by atoms with Gasteiger partial charge in [-0.15, -0.1) is 0 Å². The van der Waals surface area contributed by atoms with Gasteiger partial charge in [-0.3, -0.25) is 9.69 Å². The Bertz CT molecular complexity index is 1030. The summed E-state index contributed by atoms with van der Waals surface area (Å²) in [6, 6.07) is 15.1. The number of benzene rings is 2. The Morgan fingerprint density at radius 3 is 2.42 bits per heavy atom. The lowest BCUT2D eigenvalue weighted by molar-refractivity contribution is -0.120. The second-order valence-electron chi connectivity index (χ2n) is 8.38. The summed E-state index contributed by atoms with van der Waals surface area (Å²) in [5.41, 5.74) is 2.18. The van der Waals surface area contributed by atoms with E-state index < -0.39 is 0 Å². The fourth-order valence-electron chi connectivity index (χ4n) is 4.48. The van der Waals surface area contributed by atoms with E-state index in [9.17, 15) is 9.18 Å². The van der Waals surface area contributed by atoms with Crippen molar-refractivity contribution in [2.45, 2.75) is 32.7 Å². The van der Waals surface area contributed by atoms with E-state index in [0.717, 1.165) is 31.5 Å². The number of nitrogens with one attached hydrogen (secondary N) is 1. The van der Waals surface area contributed by atoms with Gasteiger partial charge in [0.15, 0.2) is 0 Å². The van der Waals surface area contributed by atoms with Gasteiger partial charge < -0.3 is 14.6 Å². The van der Waals surface area contributed by atoms with Crippen LogP contribution in [-0.2, 0) is 4.79 Å². The molecule has 2 heterocycles. The van der Waals surface area contributed by atoms with Crippen molar-refractivity contribution in [3.8, 4) is 0 Å². The van der Waals surface area contributed by atoms with Gasteiger partial charge in [0.05, 0.1) is 11.9 Å². The minimum Gasteiger partial charge on any atom is -0.447 e. The van der Waals surface area contributed by atoms with Crippen LogP contribution in [0.25, 0.3) is 0 Å². The third kappa shape index (κ3) is 5.25. The van der Waals surface area contributed by atoms with Gasteiger partial charge in [0.25, 0.3) is 0 Å². The van der Waals surface area contributed by atoms with Crippen molar-refractivity contribution in [2.24, 2.45) is 5.92 Å². The number of oxazole rings is 1. The van der Waals surface area contributed by atoms with Crippen molar-refractivity contribution in [1.29, 1.82) is 0 Å². The normalized spacial score (nSPS) is 15.6. The Labute approximate surface area is 194 Å². The Morgan fingerprint density at radius 1 is 1.09 bits per heavy atom. The molecular weight excluding hydrogens is 419 g/mol. The average Bonchev–Trinajstić information content (AvgIpc) is 3.36. The fourth-order valence-corrected chi connectivity index (χ4v) is 4.48. The van der Waals surface area contributed by atoms with Crippen LogP contribution in [0, 0.1) is 11.7 Å². The molecule has 1 saturated heterocycles. The van der Waals surface area contributed by atoms with Gasteiger partial charge >= 0.3 is 0 Å². The van der Waals surface area contributed by atoms with E-state index in [1.807, 2.05) is 32.0 Å². The first-order valence-corrected chi connectivity index (χ1v) is 11.6. The molecule has 1 fully saturated rings. The summed E-state index contributed by atoms with van der Waals surface area (Å²) in [5, 5.41) is 2.85. The van der Waals surface area contributed by atoms with Crippen LogP contribution in [0.4, 0.5) is 15.8 Å². The quantitative estimate of drug-likeness (QED) is 0.517. The monoisotopic (exact) mass is 450 g/mol. The number of anilines is 2.